The maximum Gasteiger partial charge on any atom is 0.410 e. The molecule has 2 rings (SSSR count). The van der Waals surface area contributed by atoms with E-state index in [-0.39, 0.29) is 6.09 Å². The Kier molecular flexibility index (Phi) is 2.30. The van der Waals surface area contributed by atoms with Gasteiger partial charge >= 0.3 is 6.09 Å². The number of cyclic esters (lactones) is 1. The molecule has 1 fully saturated rings. The molecule has 76 valence electrons. The highest BCUT2D eigenvalue weighted by molar-refractivity contribution is 5.69. The van der Waals surface area contributed by atoms with Crippen molar-refractivity contribution < 1.29 is 9.53 Å². The number of aromatic nitrogens is 4. The third-order valence-electron chi connectivity index (χ3n) is 2.14. The van der Waals surface area contributed by atoms with Gasteiger partial charge in [-0.3, -0.25) is 0 Å². The van der Waals surface area contributed by atoms with Crippen LogP contribution >= 0.6 is 0 Å². The molecular formula is C7H11N5O2. The lowest BCUT2D eigenvalue weighted by molar-refractivity contribution is 0.157. The number of rotatable bonds is 3. The summed E-state index contributed by atoms with van der Waals surface area (Å²) < 4.78 is 6.45. The van der Waals surface area contributed by atoms with Gasteiger partial charge in [0, 0.05) is 6.54 Å². The molecule has 2 heterocycles. The lowest BCUT2D eigenvalue weighted by atomic mass is 10.5. The number of hydrogen-bond donors (Lipinski definition) is 0. The van der Waals surface area contributed by atoms with Crippen molar-refractivity contribution >= 4 is 6.09 Å². The van der Waals surface area contributed by atoms with Crippen LogP contribution in [0.2, 0.25) is 0 Å². The summed E-state index contributed by atoms with van der Waals surface area (Å²) in [5.41, 5.74) is 0. The molecule has 0 saturated carbocycles. The monoisotopic (exact) mass is 197 g/mol. The summed E-state index contributed by atoms with van der Waals surface area (Å²) >= 11 is 0. The Labute approximate surface area is 80.6 Å². The van der Waals surface area contributed by atoms with Crippen LogP contribution in [-0.4, -0.2) is 50.9 Å². The lowest BCUT2D eigenvalue weighted by Gasteiger charge is -2.11. The van der Waals surface area contributed by atoms with Crippen LogP contribution in [-0.2, 0) is 11.3 Å². The van der Waals surface area contributed by atoms with Crippen LogP contribution in [0.4, 0.5) is 4.79 Å². The topological polar surface area (TPSA) is 73.1 Å². The zero-order valence-corrected chi connectivity index (χ0v) is 7.88. The van der Waals surface area contributed by atoms with Gasteiger partial charge in [0.2, 0.25) is 0 Å². The summed E-state index contributed by atoms with van der Waals surface area (Å²) in [6.07, 6.45) is -0.254. The normalized spacial score (nSPS) is 16.1. The Hall–Kier alpha value is -1.66. The maximum atomic E-state index is 11.1. The van der Waals surface area contributed by atoms with Crippen LogP contribution in [0.5, 0.6) is 0 Å². The molecule has 0 aliphatic carbocycles. The van der Waals surface area contributed by atoms with Gasteiger partial charge in [-0.2, -0.15) is 0 Å². The molecule has 0 unspecified atom stereocenters. The summed E-state index contributed by atoms with van der Waals surface area (Å²) in [5, 5.41) is 11.0. The lowest BCUT2D eigenvalue weighted by Crippen LogP contribution is -2.28. The molecule has 1 aromatic rings. The molecule has 1 saturated heterocycles. The number of ether oxygens (including phenoxy) is 1. The predicted octanol–water partition coefficient (Wildman–Crippen LogP) is -0.566. The molecule has 1 aliphatic heterocycles. The van der Waals surface area contributed by atoms with Gasteiger partial charge in [0.15, 0.2) is 0 Å². The highest BCUT2D eigenvalue weighted by Crippen LogP contribution is 2.02. The third-order valence-corrected chi connectivity index (χ3v) is 2.14. The van der Waals surface area contributed by atoms with Crippen LogP contribution < -0.4 is 0 Å². The van der Waals surface area contributed by atoms with Crippen molar-refractivity contribution in [3.8, 4) is 0 Å². The minimum Gasteiger partial charge on any atom is -0.448 e. The molecule has 0 atom stereocenters. The molecule has 0 N–H and O–H groups in total. The summed E-state index contributed by atoms with van der Waals surface area (Å²) in [6.45, 7) is 4.15. The summed E-state index contributed by atoms with van der Waals surface area (Å²) in [6, 6.07) is 0. The number of aryl methyl sites for hydroxylation is 1. The van der Waals surface area contributed by atoms with Crippen molar-refractivity contribution in [3.63, 3.8) is 0 Å². The summed E-state index contributed by atoms with van der Waals surface area (Å²) in [5.74, 6) is 0.748. The highest BCUT2D eigenvalue weighted by atomic mass is 16.6. The van der Waals surface area contributed by atoms with Crippen molar-refractivity contribution in [2.75, 3.05) is 19.7 Å². The number of nitrogens with zero attached hydrogens (tertiary/aromatic N) is 5. The zero-order chi connectivity index (χ0) is 9.97. The molecule has 0 radical (unpaired) electrons. The standard InChI is InChI=1S/C7H11N5O2/c1-6-8-9-10-12(6)3-2-11-4-5-14-7(11)13/h2-5H2,1H3. The second-order valence-electron chi connectivity index (χ2n) is 3.05. The smallest absolute Gasteiger partial charge is 0.410 e. The fourth-order valence-corrected chi connectivity index (χ4v) is 1.30. The molecule has 0 aromatic carbocycles. The van der Waals surface area contributed by atoms with E-state index in [4.69, 9.17) is 4.74 Å². The van der Waals surface area contributed by atoms with Gasteiger partial charge in [0.05, 0.1) is 13.1 Å². The molecular weight excluding hydrogens is 186 g/mol. The largest absolute Gasteiger partial charge is 0.448 e. The minimum absolute atomic E-state index is 0.254. The summed E-state index contributed by atoms with van der Waals surface area (Å²) in [7, 11) is 0. The number of carbonyl (C=O) groups excluding carboxylic acids is 1. The first kappa shape index (κ1) is 8.92. The van der Waals surface area contributed by atoms with Crippen LogP contribution in [0.3, 0.4) is 0 Å². The number of tetrazole rings is 1. The van der Waals surface area contributed by atoms with E-state index in [0.717, 1.165) is 5.82 Å². The molecule has 7 heteroatoms. The van der Waals surface area contributed by atoms with Gasteiger partial charge in [-0.25, -0.2) is 9.48 Å². The van der Waals surface area contributed by atoms with Crippen molar-refractivity contribution in [2.45, 2.75) is 13.5 Å². The fraction of sp³-hybridized carbons (Fsp3) is 0.714. The first-order valence-electron chi connectivity index (χ1n) is 4.42. The van der Waals surface area contributed by atoms with Crippen molar-refractivity contribution in [1.82, 2.24) is 25.1 Å². The molecule has 1 aromatic heterocycles. The Morgan fingerprint density at radius 1 is 1.50 bits per heavy atom. The van der Waals surface area contributed by atoms with E-state index in [1.165, 1.54) is 0 Å². The molecule has 1 amide bonds. The molecule has 0 bridgehead atoms. The maximum absolute atomic E-state index is 11.1. The van der Waals surface area contributed by atoms with Crippen molar-refractivity contribution in [1.29, 1.82) is 0 Å². The average Bonchev–Trinajstić information content (AvgIpc) is 2.72. The number of hydrogen-bond acceptors (Lipinski definition) is 5. The van der Waals surface area contributed by atoms with E-state index in [1.807, 2.05) is 6.92 Å². The van der Waals surface area contributed by atoms with Crippen LogP contribution in [0.1, 0.15) is 5.82 Å². The van der Waals surface area contributed by atoms with E-state index in [9.17, 15) is 4.79 Å². The van der Waals surface area contributed by atoms with Gasteiger partial charge < -0.3 is 9.64 Å². The summed E-state index contributed by atoms with van der Waals surface area (Å²) in [4.78, 5) is 12.7. The minimum atomic E-state index is -0.254. The first-order valence-corrected chi connectivity index (χ1v) is 4.42. The Balaban J connectivity index is 1.88. The Bertz CT molecular complexity index is 337. The second kappa shape index (κ2) is 3.60. The first-order chi connectivity index (χ1) is 6.77. The van der Waals surface area contributed by atoms with E-state index < -0.39 is 0 Å². The van der Waals surface area contributed by atoms with Gasteiger partial charge in [-0.05, 0) is 17.4 Å². The molecule has 0 spiro atoms. The van der Waals surface area contributed by atoms with Crippen LogP contribution in [0.15, 0.2) is 0 Å². The molecule has 7 nitrogen and oxygen atoms in total. The molecule has 14 heavy (non-hydrogen) atoms. The zero-order valence-electron chi connectivity index (χ0n) is 7.88. The van der Waals surface area contributed by atoms with E-state index in [2.05, 4.69) is 15.5 Å². The number of carbonyl (C=O) groups is 1. The SMILES string of the molecule is Cc1nnnn1CCN1CCOC1=O. The third kappa shape index (κ3) is 1.66. The van der Waals surface area contributed by atoms with Gasteiger partial charge in [0.1, 0.15) is 12.4 Å². The van der Waals surface area contributed by atoms with E-state index >= 15 is 0 Å². The van der Waals surface area contributed by atoms with Gasteiger partial charge in [-0.1, -0.05) is 0 Å². The molecule has 1 aliphatic rings. The fourth-order valence-electron chi connectivity index (χ4n) is 1.30. The van der Waals surface area contributed by atoms with Crippen molar-refractivity contribution in [2.24, 2.45) is 0 Å². The van der Waals surface area contributed by atoms with E-state index in [1.54, 1.807) is 9.58 Å². The van der Waals surface area contributed by atoms with Crippen LogP contribution in [0.25, 0.3) is 0 Å². The predicted molar refractivity (Wildman–Crippen MR) is 45.5 cm³/mol. The average molecular weight is 197 g/mol. The van der Waals surface area contributed by atoms with Crippen LogP contribution in [0, 0.1) is 6.92 Å². The number of amides is 1. The van der Waals surface area contributed by atoms with Crippen molar-refractivity contribution in [3.05, 3.63) is 5.82 Å². The van der Waals surface area contributed by atoms with Gasteiger partial charge in [0.25, 0.3) is 0 Å². The highest BCUT2D eigenvalue weighted by Gasteiger charge is 2.21. The quantitative estimate of drug-likeness (QED) is 0.649. The Morgan fingerprint density at radius 3 is 2.93 bits per heavy atom. The van der Waals surface area contributed by atoms with E-state index in [0.29, 0.717) is 26.2 Å². The second-order valence-corrected chi connectivity index (χ2v) is 3.05. The van der Waals surface area contributed by atoms with Gasteiger partial charge in [-0.15, -0.1) is 5.10 Å². The Morgan fingerprint density at radius 2 is 2.36 bits per heavy atom.